The number of benzene rings is 1. The van der Waals surface area contributed by atoms with Crippen molar-refractivity contribution in [3.8, 4) is 5.69 Å². The van der Waals surface area contributed by atoms with Crippen molar-refractivity contribution in [3.05, 3.63) is 41.7 Å². The van der Waals surface area contributed by atoms with Crippen LogP contribution in [0.4, 0.5) is 0 Å². The second kappa shape index (κ2) is 5.83. The van der Waals surface area contributed by atoms with Crippen LogP contribution in [0, 0.1) is 6.92 Å². The molecule has 0 radical (unpaired) electrons. The minimum atomic E-state index is -0.179. The summed E-state index contributed by atoms with van der Waals surface area (Å²) in [5, 5.41) is 7.94. The molecule has 1 unspecified atom stereocenters. The maximum absolute atomic E-state index is 12.2. The van der Waals surface area contributed by atoms with Gasteiger partial charge in [0.1, 0.15) is 0 Å². The van der Waals surface area contributed by atoms with Crippen LogP contribution in [0.5, 0.6) is 0 Å². The number of aromatic nitrogens is 3. The number of aryl methyl sites for hydroxylation is 1. The highest BCUT2D eigenvalue weighted by atomic mass is 16.2. The fourth-order valence-electron chi connectivity index (χ4n) is 1.80. The van der Waals surface area contributed by atoms with Gasteiger partial charge in [0.15, 0.2) is 5.69 Å². The zero-order chi connectivity index (χ0) is 14.7. The molecule has 1 atom stereocenters. The van der Waals surface area contributed by atoms with E-state index in [-0.39, 0.29) is 11.9 Å². The minimum absolute atomic E-state index is 0.0355. The molecule has 0 bridgehead atoms. The predicted octanol–water partition coefficient (Wildman–Crippen LogP) is 0.995. The number of hydrogen-bond acceptors (Lipinski definition) is 4. The lowest BCUT2D eigenvalue weighted by Crippen LogP contribution is -2.39. The number of carbonyl (C=O) groups is 1. The number of nitrogens with two attached hydrogens (primary N) is 1. The molecule has 0 aliphatic heterocycles. The molecule has 1 heterocycles. The third kappa shape index (κ3) is 2.85. The second-order valence-corrected chi connectivity index (χ2v) is 4.89. The summed E-state index contributed by atoms with van der Waals surface area (Å²) >= 11 is 0. The molecule has 0 fully saturated rings. The van der Waals surface area contributed by atoms with Gasteiger partial charge in [0, 0.05) is 19.6 Å². The summed E-state index contributed by atoms with van der Waals surface area (Å²) in [6.07, 6.45) is 1.64. The van der Waals surface area contributed by atoms with Crippen LogP contribution in [0.1, 0.15) is 23.0 Å². The molecule has 6 heteroatoms. The van der Waals surface area contributed by atoms with Gasteiger partial charge < -0.3 is 10.6 Å². The highest BCUT2D eigenvalue weighted by Gasteiger charge is 2.19. The van der Waals surface area contributed by atoms with E-state index in [9.17, 15) is 4.79 Å². The fourth-order valence-corrected chi connectivity index (χ4v) is 1.80. The van der Waals surface area contributed by atoms with Crippen LogP contribution >= 0.6 is 0 Å². The van der Waals surface area contributed by atoms with E-state index >= 15 is 0 Å². The van der Waals surface area contributed by atoms with Crippen LogP contribution in [0.3, 0.4) is 0 Å². The van der Waals surface area contributed by atoms with E-state index in [2.05, 4.69) is 10.3 Å². The monoisotopic (exact) mass is 273 g/mol. The van der Waals surface area contributed by atoms with Gasteiger partial charge in [-0.25, -0.2) is 4.68 Å². The molecule has 2 rings (SSSR count). The molecule has 6 nitrogen and oxygen atoms in total. The summed E-state index contributed by atoms with van der Waals surface area (Å²) in [6, 6.07) is 7.81. The lowest BCUT2D eigenvalue weighted by atomic mass is 10.2. The number of nitrogens with zero attached hydrogens (tertiary/aromatic N) is 4. The van der Waals surface area contributed by atoms with Gasteiger partial charge in [-0.3, -0.25) is 4.79 Å². The summed E-state index contributed by atoms with van der Waals surface area (Å²) in [5.74, 6) is -0.179. The Bertz CT molecular complexity index is 607. The molecule has 0 saturated carbocycles. The molecule has 2 N–H and O–H groups in total. The van der Waals surface area contributed by atoms with E-state index in [4.69, 9.17) is 5.73 Å². The summed E-state index contributed by atoms with van der Waals surface area (Å²) in [6.45, 7) is 4.31. The zero-order valence-electron chi connectivity index (χ0n) is 11.9. The van der Waals surface area contributed by atoms with E-state index in [1.807, 2.05) is 38.1 Å². The van der Waals surface area contributed by atoms with Gasteiger partial charge in [0.05, 0.1) is 11.9 Å². The van der Waals surface area contributed by atoms with E-state index in [0.717, 1.165) is 11.3 Å². The first kappa shape index (κ1) is 14.2. The molecule has 0 spiro atoms. The van der Waals surface area contributed by atoms with Crippen molar-refractivity contribution in [3.63, 3.8) is 0 Å². The van der Waals surface area contributed by atoms with Gasteiger partial charge in [0.25, 0.3) is 5.91 Å². The number of likely N-dealkylation sites (N-methyl/N-ethyl adjacent to an activating group) is 1. The number of amides is 1. The Labute approximate surface area is 118 Å². The van der Waals surface area contributed by atoms with Crippen molar-refractivity contribution in [2.45, 2.75) is 19.9 Å². The summed E-state index contributed by atoms with van der Waals surface area (Å²) in [5.41, 5.74) is 7.89. The van der Waals surface area contributed by atoms with E-state index in [1.54, 1.807) is 22.8 Å². The van der Waals surface area contributed by atoms with Crippen molar-refractivity contribution < 1.29 is 4.79 Å². The average molecular weight is 273 g/mol. The molecule has 106 valence electrons. The fraction of sp³-hybridized carbons (Fsp3) is 0.357. The Balaban J connectivity index is 2.23. The average Bonchev–Trinajstić information content (AvgIpc) is 2.94. The van der Waals surface area contributed by atoms with Crippen LogP contribution in [-0.4, -0.2) is 45.4 Å². The first-order valence-electron chi connectivity index (χ1n) is 6.49. The van der Waals surface area contributed by atoms with Gasteiger partial charge >= 0.3 is 0 Å². The van der Waals surface area contributed by atoms with Crippen molar-refractivity contribution >= 4 is 5.91 Å². The molecule has 1 aromatic carbocycles. The highest BCUT2D eigenvalue weighted by Crippen LogP contribution is 2.10. The third-order valence-corrected chi connectivity index (χ3v) is 3.30. The third-order valence-electron chi connectivity index (χ3n) is 3.30. The van der Waals surface area contributed by atoms with Gasteiger partial charge in [-0.15, -0.1) is 5.10 Å². The normalized spacial score (nSPS) is 12.2. The molecule has 1 aromatic heterocycles. The maximum atomic E-state index is 12.2. The molecule has 2 aromatic rings. The lowest BCUT2D eigenvalue weighted by molar-refractivity contribution is 0.0742. The minimum Gasteiger partial charge on any atom is -0.336 e. The maximum Gasteiger partial charge on any atom is 0.276 e. The quantitative estimate of drug-likeness (QED) is 0.901. The van der Waals surface area contributed by atoms with Crippen LogP contribution in [-0.2, 0) is 0 Å². The largest absolute Gasteiger partial charge is 0.336 e. The molecular weight excluding hydrogens is 254 g/mol. The Morgan fingerprint density at radius 1 is 1.50 bits per heavy atom. The number of carbonyl (C=O) groups excluding carboxylic acids is 1. The molecule has 0 aliphatic rings. The predicted molar refractivity (Wildman–Crippen MR) is 76.7 cm³/mol. The molecule has 20 heavy (non-hydrogen) atoms. The molecule has 0 saturated heterocycles. The van der Waals surface area contributed by atoms with Crippen molar-refractivity contribution in [1.82, 2.24) is 19.9 Å². The van der Waals surface area contributed by atoms with Gasteiger partial charge in [-0.2, -0.15) is 0 Å². The Kier molecular flexibility index (Phi) is 4.14. The van der Waals surface area contributed by atoms with Gasteiger partial charge in [-0.05, 0) is 31.5 Å². The van der Waals surface area contributed by atoms with Crippen molar-refractivity contribution in [2.24, 2.45) is 5.73 Å². The number of rotatable bonds is 4. The van der Waals surface area contributed by atoms with Gasteiger partial charge in [-0.1, -0.05) is 17.3 Å². The summed E-state index contributed by atoms with van der Waals surface area (Å²) in [7, 11) is 1.71. The standard InChI is InChI=1S/C14H19N5O/c1-10-5-4-6-12(7-10)19-9-13(16-17-19)14(20)18(3)11(2)8-15/h4-7,9,11H,8,15H2,1-3H3. The smallest absolute Gasteiger partial charge is 0.276 e. The Morgan fingerprint density at radius 2 is 2.25 bits per heavy atom. The topological polar surface area (TPSA) is 77.0 Å². The molecule has 0 aliphatic carbocycles. The molecule has 1 amide bonds. The summed E-state index contributed by atoms with van der Waals surface area (Å²) < 4.78 is 1.60. The second-order valence-electron chi connectivity index (χ2n) is 4.89. The van der Waals surface area contributed by atoms with E-state index in [1.165, 1.54) is 0 Å². The lowest BCUT2D eigenvalue weighted by Gasteiger charge is -2.22. The van der Waals surface area contributed by atoms with Crippen LogP contribution < -0.4 is 5.73 Å². The zero-order valence-corrected chi connectivity index (χ0v) is 11.9. The summed E-state index contributed by atoms with van der Waals surface area (Å²) in [4.78, 5) is 13.8. The first-order valence-corrected chi connectivity index (χ1v) is 6.49. The van der Waals surface area contributed by atoms with Crippen molar-refractivity contribution in [2.75, 3.05) is 13.6 Å². The molecular formula is C14H19N5O. The van der Waals surface area contributed by atoms with Crippen LogP contribution in [0.25, 0.3) is 5.69 Å². The number of hydrogen-bond donors (Lipinski definition) is 1. The van der Waals surface area contributed by atoms with Gasteiger partial charge in [0.2, 0.25) is 0 Å². The van der Waals surface area contributed by atoms with E-state index < -0.39 is 0 Å². The van der Waals surface area contributed by atoms with E-state index in [0.29, 0.717) is 12.2 Å². The Morgan fingerprint density at radius 3 is 2.90 bits per heavy atom. The first-order chi connectivity index (χ1) is 9.52. The van der Waals surface area contributed by atoms with Crippen LogP contribution in [0.2, 0.25) is 0 Å². The SMILES string of the molecule is Cc1cccc(-n2cc(C(=O)N(C)C(C)CN)nn2)c1. The highest BCUT2D eigenvalue weighted by molar-refractivity contribution is 5.92. The van der Waals surface area contributed by atoms with Crippen molar-refractivity contribution in [1.29, 1.82) is 0 Å². The van der Waals surface area contributed by atoms with Crippen LogP contribution in [0.15, 0.2) is 30.5 Å². The Hall–Kier alpha value is -2.21.